The van der Waals surface area contributed by atoms with Gasteiger partial charge in [-0.05, 0) is 29.5 Å². The number of H-pyrrole nitrogens is 1. The highest BCUT2D eigenvalue weighted by molar-refractivity contribution is 5.85. The Labute approximate surface area is 114 Å². The summed E-state index contributed by atoms with van der Waals surface area (Å²) in [6.07, 6.45) is 4.31. The molecule has 0 unspecified atom stereocenters. The first kappa shape index (κ1) is 15.0. The first-order valence-electron chi connectivity index (χ1n) is 6.23. The van der Waals surface area contributed by atoms with Crippen LogP contribution >= 0.6 is 12.4 Å². The van der Waals surface area contributed by atoms with Gasteiger partial charge in [-0.3, -0.25) is 0 Å². The molecule has 3 nitrogen and oxygen atoms in total. The number of hydrogen-bond acceptors (Lipinski definition) is 2. The van der Waals surface area contributed by atoms with Gasteiger partial charge in [-0.1, -0.05) is 31.9 Å². The second-order valence-corrected chi connectivity index (χ2v) is 4.56. The zero-order valence-electron chi connectivity index (χ0n) is 10.6. The fourth-order valence-electron chi connectivity index (χ4n) is 2.09. The number of aliphatic hydroxyl groups excluding tert-OH is 1. The van der Waals surface area contributed by atoms with Crippen LogP contribution in [0.1, 0.15) is 37.8 Å². The molecule has 4 heteroatoms. The molecule has 4 N–H and O–H groups in total. The van der Waals surface area contributed by atoms with E-state index in [0.29, 0.717) is 0 Å². The predicted octanol–water partition coefficient (Wildman–Crippen LogP) is 3.14. The van der Waals surface area contributed by atoms with E-state index in [0.717, 1.165) is 30.3 Å². The van der Waals surface area contributed by atoms with Crippen molar-refractivity contribution >= 4 is 23.3 Å². The van der Waals surface area contributed by atoms with E-state index in [1.165, 1.54) is 5.39 Å². The van der Waals surface area contributed by atoms with Crippen molar-refractivity contribution in [3.05, 3.63) is 36.0 Å². The summed E-state index contributed by atoms with van der Waals surface area (Å²) in [5.74, 6) is 0. The summed E-state index contributed by atoms with van der Waals surface area (Å²) in [5.41, 5.74) is 8.13. The standard InChI is InChI=1S/C14H20N2O.ClH/c1-2-3-4-13(17)14(15)11-6-5-10-7-8-16-12(10)9-11;/h5-9,13-14,16-17H,2-4,15H2,1H3;1H/t13-,14+;/m1./s1. The minimum Gasteiger partial charge on any atom is -0.391 e. The molecule has 2 rings (SSSR count). The summed E-state index contributed by atoms with van der Waals surface area (Å²) in [4.78, 5) is 3.16. The van der Waals surface area contributed by atoms with Crippen LogP contribution in [0.25, 0.3) is 10.9 Å². The molecular weight excluding hydrogens is 248 g/mol. The van der Waals surface area contributed by atoms with Crippen molar-refractivity contribution in [1.82, 2.24) is 4.98 Å². The number of nitrogens with two attached hydrogens (primary N) is 1. The summed E-state index contributed by atoms with van der Waals surface area (Å²) < 4.78 is 0. The van der Waals surface area contributed by atoms with Gasteiger partial charge in [0, 0.05) is 11.7 Å². The fourth-order valence-corrected chi connectivity index (χ4v) is 2.09. The van der Waals surface area contributed by atoms with Crippen molar-refractivity contribution < 1.29 is 5.11 Å². The minimum absolute atomic E-state index is 0. The molecule has 18 heavy (non-hydrogen) atoms. The molecule has 2 atom stereocenters. The van der Waals surface area contributed by atoms with Gasteiger partial charge in [-0.25, -0.2) is 0 Å². The number of unbranched alkanes of at least 4 members (excludes halogenated alkanes) is 1. The van der Waals surface area contributed by atoms with Crippen molar-refractivity contribution in [1.29, 1.82) is 0 Å². The summed E-state index contributed by atoms with van der Waals surface area (Å²) in [6, 6.07) is 7.78. The molecule has 1 heterocycles. The molecule has 0 saturated carbocycles. The number of aromatic amines is 1. The number of hydrogen-bond donors (Lipinski definition) is 3. The Morgan fingerprint density at radius 3 is 2.83 bits per heavy atom. The molecule has 0 fully saturated rings. The van der Waals surface area contributed by atoms with E-state index >= 15 is 0 Å². The van der Waals surface area contributed by atoms with Crippen LogP contribution in [-0.4, -0.2) is 16.2 Å². The molecule has 0 radical (unpaired) electrons. The molecule has 0 saturated heterocycles. The smallest absolute Gasteiger partial charge is 0.0732 e. The lowest BCUT2D eigenvalue weighted by Crippen LogP contribution is -2.26. The average Bonchev–Trinajstić information content (AvgIpc) is 2.81. The number of nitrogens with one attached hydrogen (secondary N) is 1. The Morgan fingerprint density at radius 2 is 2.11 bits per heavy atom. The number of benzene rings is 1. The van der Waals surface area contributed by atoms with E-state index in [1.54, 1.807) is 0 Å². The molecule has 0 aliphatic rings. The van der Waals surface area contributed by atoms with Crippen LogP contribution in [0.15, 0.2) is 30.5 Å². The van der Waals surface area contributed by atoms with E-state index in [-0.39, 0.29) is 18.4 Å². The second kappa shape index (κ2) is 6.78. The lowest BCUT2D eigenvalue weighted by Gasteiger charge is -2.19. The monoisotopic (exact) mass is 268 g/mol. The Hall–Kier alpha value is -1.03. The van der Waals surface area contributed by atoms with Crippen LogP contribution in [0.2, 0.25) is 0 Å². The second-order valence-electron chi connectivity index (χ2n) is 4.56. The number of aromatic nitrogens is 1. The lowest BCUT2D eigenvalue weighted by atomic mass is 9.98. The lowest BCUT2D eigenvalue weighted by molar-refractivity contribution is 0.132. The van der Waals surface area contributed by atoms with Gasteiger partial charge in [0.25, 0.3) is 0 Å². The van der Waals surface area contributed by atoms with Crippen LogP contribution in [0.5, 0.6) is 0 Å². The van der Waals surface area contributed by atoms with Crippen molar-refractivity contribution in [3.63, 3.8) is 0 Å². The van der Waals surface area contributed by atoms with Gasteiger partial charge in [0.1, 0.15) is 0 Å². The van der Waals surface area contributed by atoms with Gasteiger partial charge >= 0.3 is 0 Å². The molecule has 100 valence electrons. The maximum absolute atomic E-state index is 9.99. The van der Waals surface area contributed by atoms with Gasteiger partial charge < -0.3 is 15.8 Å². The largest absolute Gasteiger partial charge is 0.391 e. The first-order valence-corrected chi connectivity index (χ1v) is 6.23. The highest BCUT2D eigenvalue weighted by Gasteiger charge is 2.16. The maximum atomic E-state index is 9.99. The molecule has 0 amide bonds. The molecule has 1 aromatic carbocycles. The third kappa shape index (κ3) is 3.25. The number of rotatable bonds is 5. The molecular formula is C14H21ClN2O. The minimum atomic E-state index is -0.456. The normalized spacial score (nSPS) is 14.2. The first-order chi connectivity index (χ1) is 8.22. The average molecular weight is 269 g/mol. The van der Waals surface area contributed by atoms with E-state index in [2.05, 4.69) is 11.9 Å². The zero-order chi connectivity index (χ0) is 12.3. The Bertz CT molecular complexity index is 483. The Kier molecular flexibility index (Phi) is 5.66. The summed E-state index contributed by atoms with van der Waals surface area (Å²) in [5, 5.41) is 11.2. The fraction of sp³-hybridized carbons (Fsp3) is 0.429. The third-order valence-corrected chi connectivity index (χ3v) is 3.23. The molecule has 0 aliphatic heterocycles. The highest BCUT2D eigenvalue weighted by Crippen LogP contribution is 2.22. The summed E-state index contributed by atoms with van der Waals surface area (Å²) >= 11 is 0. The van der Waals surface area contributed by atoms with E-state index < -0.39 is 6.10 Å². The Balaban J connectivity index is 0.00000162. The SMILES string of the molecule is CCCC[C@@H](O)[C@@H](N)c1ccc2cc[nH]c2c1.Cl. The van der Waals surface area contributed by atoms with Crippen molar-refractivity contribution in [2.75, 3.05) is 0 Å². The van der Waals surface area contributed by atoms with Gasteiger partial charge in [-0.15, -0.1) is 12.4 Å². The van der Waals surface area contributed by atoms with Gasteiger partial charge in [-0.2, -0.15) is 0 Å². The highest BCUT2D eigenvalue weighted by atomic mass is 35.5. The van der Waals surface area contributed by atoms with E-state index in [9.17, 15) is 5.11 Å². The molecule has 2 aromatic rings. The van der Waals surface area contributed by atoms with Crippen LogP contribution in [-0.2, 0) is 0 Å². The zero-order valence-corrected chi connectivity index (χ0v) is 11.4. The number of aliphatic hydroxyl groups is 1. The topological polar surface area (TPSA) is 62.0 Å². The number of halogens is 1. The van der Waals surface area contributed by atoms with Crippen LogP contribution in [0, 0.1) is 0 Å². The van der Waals surface area contributed by atoms with Crippen molar-refractivity contribution in [3.8, 4) is 0 Å². The number of fused-ring (bicyclic) bond motifs is 1. The van der Waals surface area contributed by atoms with Crippen molar-refractivity contribution in [2.45, 2.75) is 38.3 Å². The van der Waals surface area contributed by atoms with Crippen LogP contribution in [0.4, 0.5) is 0 Å². The summed E-state index contributed by atoms with van der Waals surface area (Å²) in [7, 11) is 0. The quantitative estimate of drug-likeness (QED) is 0.780. The Morgan fingerprint density at radius 1 is 1.33 bits per heavy atom. The summed E-state index contributed by atoms with van der Waals surface area (Å²) in [6.45, 7) is 2.11. The van der Waals surface area contributed by atoms with Gasteiger partial charge in [0.2, 0.25) is 0 Å². The third-order valence-electron chi connectivity index (χ3n) is 3.23. The maximum Gasteiger partial charge on any atom is 0.0732 e. The van der Waals surface area contributed by atoms with Gasteiger partial charge in [0.05, 0.1) is 12.1 Å². The molecule has 0 spiro atoms. The predicted molar refractivity (Wildman–Crippen MR) is 78.0 cm³/mol. The molecule has 0 aliphatic carbocycles. The van der Waals surface area contributed by atoms with E-state index in [1.807, 2.05) is 30.5 Å². The molecule has 1 aromatic heterocycles. The van der Waals surface area contributed by atoms with Crippen molar-refractivity contribution in [2.24, 2.45) is 5.73 Å². The van der Waals surface area contributed by atoms with Crippen LogP contribution < -0.4 is 5.73 Å². The van der Waals surface area contributed by atoms with Crippen LogP contribution in [0.3, 0.4) is 0 Å². The molecule has 0 bridgehead atoms. The van der Waals surface area contributed by atoms with Gasteiger partial charge in [0.15, 0.2) is 0 Å². The van der Waals surface area contributed by atoms with E-state index in [4.69, 9.17) is 5.73 Å².